The predicted octanol–water partition coefficient (Wildman–Crippen LogP) is 0.840. The van der Waals surface area contributed by atoms with E-state index >= 15 is 0 Å². The number of carboxylic acid groups (broad SMARTS) is 1. The van der Waals surface area contributed by atoms with Gasteiger partial charge in [-0.15, -0.1) is 0 Å². The van der Waals surface area contributed by atoms with Crippen LogP contribution in [0.3, 0.4) is 0 Å². The van der Waals surface area contributed by atoms with Crippen molar-refractivity contribution in [2.75, 3.05) is 0 Å². The minimum atomic E-state index is -1.11. The molecule has 1 saturated heterocycles. The minimum absolute atomic E-state index is 0.170. The fraction of sp³-hybridized carbons (Fsp3) is 0.357. The summed E-state index contributed by atoms with van der Waals surface area (Å²) in [6.45, 7) is 0. The highest BCUT2D eigenvalue weighted by molar-refractivity contribution is 9.10. The van der Waals surface area contributed by atoms with Gasteiger partial charge >= 0.3 is 5.97 Å². The summed E-state index contributed by atoms with van der Waals surface area (Å²) in [5.41, 5.74) is 0.792. The molecule has 0 radical (unpaired) electrons. The second-order valence-corrected chi connectivity index (χ2v) is 5.71. The molecule has 112 valence electrons. The Kier molecular flexibility index (Phi) is 4.95. The highest BCUT2D eigenvalue weighted by atomic mass is 79.9. The van der Waals surface area contributed by atoms with Crippen LogP contribution in [-0.2, 0) is 20.8 Å². The minimum Gasteiger partial charge on any atom is -0.480 e. The van der Waals surface area contributed by atoms with Crippen LogP contribution in [0.25, 0.3) is 0 Å². The molecule has 6 nitrogen and oxygen atoms in total. The van der Waals surface area contributed by atoms with E-state index in [9.17, 15) is 19.5 Å². The van der Waals surface area contributed by atoms with E-state index in [1.54, 1.807) is 12.1 Å². The third-order valence-corrected chi connectivity index (χ3v) is 4.08. The van der Waals surface area contributed by atoms with Gasteiger partial charge in [0.15, 0.2) is 0 Å². The molecule has 3 N–H and O–H groups in total. The van der Waals surface area contributed by atoms with Gasteiger partial charge in [-0.25, -0.2) is 4.79 Å². The molecule has 0 spiro atoms. The van der Waals surface area contributed by atoms with Crippen molar-refractivity contribution >= 4 is 33.7 Å². The van der Waals surface area contributed by atoms with Crippen molar-refractivity contribution in [2.45, 2.75) is 31.3 Å². The molecule has 2 amide bonds. The van der Waals surface area contributed by atoms with Crippen LogP contribution in [0.15, 0.2) is 28.7 Å². The number of aliphatic carboxylic acids is 1. The summed E-state index contributed by atoms with van der Waals surface area (Å²) in [5.74, 6) is -1.75. The predicted molar refractivity (Wildman–Crippen MR) is 78.6 cm³/mol. The van der Waals surface area contributed by atoms with Gasteiger partial charge in [0.1, 0.15) is 12.1 Å². The highest BCUT2D eigenvalue weighted by Crippen LogP contribution is 2.18. The second-order valence-electron chi connectivity index (χ2n) is 4.85. The van der Waals surface area contributed by atoms with Crippen molar-refractivity contribution in [3.05, 3.63) is 34.3 Å². The molecule has 0 bridgehead atoms. The first kappa shape index (κ1) is 15.5. The van der Waals surface area contributed by atoms with Crippen LogP contribution >= 0.6 is 15.9 Å². The fourth-order valence-electron chi connectivity index (χ4n) is 2.17. The maximum absolute atomic E-state index is 12.0. The number of carboxylic acids is 1. The largest absolute Gasteiger partial charge is 0.480 e. The smallest absolute Gasteiger partial charge is 0.326 e. The molecular formula is C14H15BrN2O4. The molecule has 1 aromatic rings. The molecule has 0 aromatic heterocycles. The van der Waals surface area contributed by atoms with Crippen molar-refractivity contribution in [2.24, 2.45) is 0 Å². The van der Waals surface area contributed by atoms with Crippen molar-refractivity contribution in [1.29, 1.82) is 0 Å². The van der Waals surface area contributed by atoms with Crippen LogP contribution in [0.2, 0.25) is 0 Å². The number of carbonyl (C=O) groups excluding carboxylic acids is 2. The van der Waals surface area contributed by atoms with Gasteiger partial charge in [0.05, 0.1) is 0 Å². The first-order valence-corrected chi connectivity index (χ1v) is 7.32. The lowest BCUT2D eigenvalue weighted by Gasteiger charge is -2.18. The SMILES string of the molecule is O=C1CC[C@@H](C(=O)N[C@@H](Cc2ccccc2Br)C(=O)O)N1. The van der Waals surface area contributed by atoms with Crippen LogP contribution in [0.5, 0.6) is 0 Å². The van der Waals surface area contributed by atoms with Gasteiger partial charge < -0.3 is 15.7 Å². The Morgan fingerprint density at radius 1 is 1.43 bits per heavy atom. The molecule has 1 aliphatic heterocycles. The number of hydrogen-bond acceptors (Lipinski definition) is 3. The number of nitrogens with one attached hydrogen (secondary N) is 2. The summed E-state index contributed by atoms with van der Waals surface area (Å²) in [4.78, 5) is 34.4. The number of benzene rings is 1. The summed E-state index contributed by atoms with van der Waals surface area (Å²) in [5, 5.41) is 14.3. The monoisotopic (exact) mass is 354 g/mol. The van der Waals surface area contributed by atoms with E-state index in [2.05, 4.69) is 26.6 Å². The first-order chi connectivity index (χ1) is 9.97. The van der Waals surface area contributed by atoms with Gasteiger partial charge in [0, 0.05) is 17.3 Å². The van der Waals surface area contributed by atoms with Crippen LogP contribution in [-0.4, -0.2) is 35.0 Å². The van der Waals surface area contributed by atoms with E-state index < -0.39 is 24.0 Å². The molecular weight excluding hydrogens is 340 g/mol. The molecule has 1 heterocycles. The van der Waals surface area contributed by atoms with E-state index in [0.29, 0.717) is 12.8 Å². The molecule has 21 heavy (non-hydrogen) atoms. The maximum Gasteiger partial charge on any atom is 0.326 e. The number of halogens is 1. The lowest BCUT2D eigenvalue weighted by Crippen LogP contribution is -2.49. The molecule has 0 aliphatic carbocycles. The van der Waals surface area contributed by atoms with Crippen molar-refractivity contribution in [1.82, 2.24) is 10.6 Å². The Labute approximate surface area is 130 Å². The third kappa shape index (κ3) is 4.04. The third-order valence-electron chi connectivity index (χ3n) is 3.31. The van der Waals surface area contributed by atoms with Gasteiger partial charge in [-0.05, 0) is 18.1 Å². The van der Waals surface area contributed by atoms with Gasteiger partial charge in [-0.3, -0.25) is 9.59 Å². The highest BCUT2D eigenvalue weighted by Gasteiger charge is 2.30. The second kappa shape index (κ2) is 6.71. The molecule has 2 atom stereocenters. The number of carbonyl (C=O) groups is 3. The Balaban J connectivity index is 2.03. The summed E-state index contributed by atoms with van der Waals surface area (Å²) < 4.78 is 0.791. The summed E-state index contributed by atoms with van der Waals surface area (Å²) in [6.07, 6.45) is 0.856. The average molecular weight is 355 g/mol. The normalized spacial score (nSPS) is 18.9. The van der Waals surface area contributed by atoms with Gasteiger partial charge in [-0.1, -0.05) is 34.1 Å². The van der Waals surface area contributed by atoms with E-state index in [1.807, 2.05) is 12.1 Å². The summed E-state index contributed by atoms with van der Waals surface area (Å²) >= 11 is 3.35. The zero-order valence-corrected chi connectivity index (χ0v) is 12.7. The lowest BCUT2D eigenvalue weighted by molar-refractivity contribution is -0.142. The molecule has 2 rings (SSSR count). The molecule has 0 saturated carbocycles. The summed E-state index contributed by atoms with van der Waals surface area (Å²) in [7, 11) is 0. The topological polar surface area (TPSA) is 95.5 Å². The van der Waals surface area contributed by atoms with E-state index in [4.69, 9.17) is 0 Å². The quantitative estimate of drug-likeness (QED) is 0.729. The number of rotatable bonds is 5. The number of hydrogen-bond donors (Lipinski definition) is 3. The maximum atomic E-state index is 12.0. The van der Waals surface area contributed by atoms with E-state index in [-0.39, 0.29) is 12.3 Å². The molecule has 7 heteroatoms. The van der Waals surface area contributed by atoms with E-state index in [1.165, 1.54) is 0 Å². The van der Waals surface area contributed by atoms with Crippen LogP contribution < -0.4 is 10.6 Å². The molecule has 1 aliphatic rings. The van der Waals surface area contributed by atoms with Crippen LogP contribution in [0.1, 0.15) is 18.4 Å². The number of amides is 2. The molecule has 1 aromatic carbocycles. The van der Waals surface area contributed by atoms with Crippen molar-refractivity contribution in [3.63, 3.8) is 0 Å². The molecule has 1 fully saturated rings. The fourth-order valence-corrected chi connectivity index (χ4v) is 2.61. The Morgan fingerprint density at radius 3 is 2.71 bits per heavy atom. The summed E-state index contributed by atoms with van der Waals surface area (Å²) in [6, 6.07) is 5.57. The first-order valence-electron chi connectivity index (χ1n) is 6.53. The van der Waals surface area contributed by atoms with Gasteiger partial charge in [-0.2, -0.15) is 0 Å². The Hall–Kier alpha value is -1.89. The Bertz CT molecular complexity index is 576. The van der Waals surface area contributed by atoms with Crippen molar-refractivity contribution in [3.8, 4) is 0 Å². The van der Waals surface area contributed by atoms with E-state index in [0.717, 1.165) is 10.0 Å². The zero-order valence-electron chi connectivity index (χ0n) is 11.1. The Morgan fingerprint density at radius 2 is 2.14 bits per heavy atom. The van der Waals surface area contributed by atoms with Gasteiger partial charge in [0.2, 0.25) is 11.8 Å². The lowest BCUT2D eigenvalue weighted by atomic mass is 10.1. The zero-order chi connectivity index (χ0) is 15.4. The van der Waals surface area contributed by atoms with Gasteiger partial charge in [0.25, 0.3) is 0 Å². The standard InChI is InChI=1S/C14H15BrN2O4/c15-9-4-2-1-3-8(9)7-11(14(20)21)17-13(19)10-5-6-12(18)16-10/h1-4,10-11H,5-7H2,(H,16,18)(H,17,19)(H,20,21)/t10-,11-/m0/s1. The molecule has 0 unspecified atom stereocenters. The average Bonchev–Trinajstić information content (AvgIpc) is 2.87. The van der Waals surface area contributed by atoms with Crippen LogP contribution in [0.4, 0.5) is 0 Å². The van der Waals surface area contributed by atoms with Crippen molar-refractivity contribution < 1.29 is 19.5 Å². The van der Waals surface area contributed by atoms with Crippen LogP contribution in [0, 0.1) is 0 Å².